The molecule has 3 aromatic rings. The van der Waals surface area contributed by atoms with E-state index in [0.717, 1.165) is 60.1 Å². The molecular formula is C19H21N3O2S. The predicted octanol–water partition coefficient (Wildman–Crippen LogP) is 3.26. The molecule has 2 aromatic heterocycles. The Morgan fingerprint density at radius 1 is 1.16 bits per heavy atom. The standard InChI is InChI=1S/C19H21N3O2S/c20-16-5-6-21-17-13-18(25-19(16)17)14-1-3-15(4-2-14)24-12-9-22-7-10-23-11-8-22/h1-6,13H,7-12H2,(H2,20,21). The van der Waals surface area contributed by atoms with Gasteiger partial charge in [-0.15, -0.1) is 11.3 Å². The average molecular weight is 355 g/mol. The van der Waals surface area contributed by atoms with E-state index in [4.69, 9.17) is 15.2 Å². The maximum absolute atomic E-state index is 6.03. The summed E-state index contributed by atoms with van der Waals surface area (Å²) in [5.41, 5.74) is 8.91. The van der Waals surface area contributed by atoms with Crippen LogP contribution in [-0.2, 0) is 4.74 Å². The number of nitrogen functional groups attached to an aromatic ring is 1. The molecular weight excluding hydrogens is 334 g/mol. The first kappa shape index (κ1) is 16.3. The van der Waals surface area contributed by atoms with Crippen molar-refractivity contribution in [1.82, 2.24) is 9.88 Å². The molecule has 6 heteroatoms. The van der Waals surface area contributed by atoms with Crippen molar-refractivity contribution in [2.75, 3.05) is 45.2 Å². The van der Waals surface area contributed by atoms with Crippen LogP contribution in [0.2, 0.25) is 0 Å². The summed E-state index contributed by atoms with van der Waals surface area (Å²) < 4.78 is 12.3. The molecule has 1 fully saturated rings. The number of nitrogens with two attached hydrogens (primary N) is 1. The summed E-state index contributed by atoms with van der Waals surface area (Å²) >= 11 is 1.67. The molecule has 0 amide bonds. The second kappa shape index (κ2) is 7.39. The van der Waals surface area contributed by atoms with E-state index in [2.05, 4.69) is 28.1 Å². The van der Waals surface area contributed by atoms with Crippen molar-refractivity contribution in [3.05, 3.63) is 42.6 Å². The van der Waals surface area contributed by atoms with E-state index < -0.39 is 0 Å². The monoisotopic (exact) mass is 355 g/mol. The van der Waals surface area contributed by atoms with Gasteiger partial charge in [0.2, 0.25) is 0 Å². The minimum atomic E-state index is 0.697. The van der Waals surface area contributed by atoms with Crippen LogP contribution in [0.4, 0.5) is 5.69 Å². The van der Waals surface area contributed by atoms with E-state index in [1.54, 1.807) is 17.5 Å². The first-order chi connectivity index (χ1) is 12.3. The molecule has 0 atom stereocenters. The van der Waals surface area contributed by atoms with Gasteiger partial charge in [-0.3, -0.25) is 9.88 Å². The van der Waals surface area contributed by atoms with Gasteiger partial charge in [0.05, 0.1) is 29.1 Å². The molecule has 2 N–H and O–H groups in total. The Bertz CT molecular complexity index is 842. The number of thiophene rings is 1. The molecule has 1 aliphatic rings. The van der Waals surface area contributed by atoms with Crippen LogP contribution in [-0.4, -0.2) is 49.3 Å². The molecule has 0 unspecified atom stereocenters. The summed E-state index contributed by atoms with van der Waals surface area (Å²) in [6.07, 6.45) is 1.75. The molecule has 5 nitrogen and oxygen atoms in total. The van der Waals surface area contributed by atoms with Crippen LogP contribution >= 0.6 is 11.3 Å². The normalized spacial score (nSPS) is 15.5. The fourth-order valence-corrected chi connectivity index (χ4v) is 3.98. The van der Waals surface area contributed by atoms with Crippen LogP contribution in [0.25, 0.3) is 20.7 Å². The summed E-state index contributed by atoms with van der Waals surface area (Å²) in [5, 5.41) is 0. The van der Waals surface area contributed by atoms with Crippen molar-refractivity contribution in [3.8, 4) is 16.2 Å². The second-order valence-corrected chi connectivity index (χ2v) is 7.10. The quantitative estimate of drug-likeness (QED) is 0.761. The van der Waals surface area contributed by atoms with Gasteiger partial charge in [-0.25, -0.2) is 0 Å². The van der Waals surface area contributed by atoms with Crippen molar-refractivity contribution >= 4 is 27.2 Å². The molecule has 0 aliphatic carbocycles. The molecule has 1 saturated heterocycles. The van der Waals surface area contributed by atoms with Crippen LogP contribution in [0.1, 0.15) is 0 Å². The van der Waals surface area contributed by atoms with Crippen LogP contribution in [0.3, 0.4) is 0 Å². The van der Waals surface area contributed by atoms with Gasteiger partial charge in [0.1, 0.15) is 12.4 Å². The third-order valence-corrected chi connectivity index (χ3v) is 5.58. The van der Waals surface area contributed by atoms with Gasteiger partial charge >= 0.3 is 0 Å². The molecule has 25 heavy (non-hydrogen) atoms. The Kier molecular flexibility index (Phi) is 4.83. The van der Waals surface area contributed by atoms with Gasteiger partial charge < -0.3 is 15.2 Å². The lowest BCUT2D eigenvalue weighted by Crippen LogP contribution is -2.38. The van der Waals surface area contributed by atoms with Gasteiger partial charge in [0.15, 0.2) is 0 Å². The van der Waals surface area contributed by atoms with Gasteiger partial charge in [-0.05, 0) is 42.0 Å². The largest absolute Gasteiger partial charge is 0.492 e. The number of hydrogen-bond acceptors (Lipinski definition) is 6. The Labute approximate surface area is 151 Å². The van der Waals surface area contributed by atoms with Crippen molar-refractivity contribution in [3.63, 3.8) is 0 Å². The van der Waals surface area contributed by atoms with E-state index in [1.807, 2.05) is 18.2 Å². The van der Waals surface area contributed by atoms with E-state index in [0.29, 0.717) is 6.61 Å². The van der Waals surface area contributed by atoms with Crippen LogP contribution in [0, 0.1) is 0 Å². The number of anilines is 1. The highest BCUT2D eigenvalue weighted by Gasteiger charge is 2.10. The summed E-state index contributed by atoms with van der Waals surface area (Å²) in [5.74, 6) is 0.899. The third-order valence-electron chi connectivity index (χ3n) is 4.36. The molecule has 3 heterocycles. The maximum Gasteiger partial charge on any atom is 0.119 e. The lowest BCUT2D eigenvalue weighted by atomic mass is 10.2. The minimum Gasteiger partial charge on any atom is -0.492 e. The van der Waals surface area contributed by atoms with Crippen molar-refractivity contribution in [2.45, 2.75) is 0 Å². The zero-order valence-electron chi connectivity index (χ0n) is 14.0. The number of benzene rings is 1. The molecule has 1 aliphatic heterocycles. The van der Waals surface area contributed by atoms with E-state index >= 15 is 0 Å². The third kappa shape index (κ3) is 3.76. The summed E-state index contributed by atoms with van der Waals surface area (Å²) in [4.78, 5) is 7.92. The Morgan fingerprint density at radius 2 is 1.96 bits per heavy atom. The van der Waals surface area contributed by atoms with E-state index in [9.17, 15) is 0 Å². The zero-order chi connectivity index (χ0) is 17.1. The van der Waals surface area contributed by atoms with Crippen LogP contribution < -0.4 is 10.5 Å². The van der Waals surface area contributed by atoms with Gasteiger partial charge in [-0.1, -0.05) is 0 Å². The highest BCUT2D eigenvalue weighted by Crippen LogP contribution is 2.35. The zero-order valence-corrected chi connectivity index (χ0v) is 14.8. The SMILES string of the molecule is Nc1ccnc2cc(-c3ccc(OCCN4CCOCC4)cc3)sc12. The molecule has 0 bridgehead atoms. The fourth-order valence-electron chi connectivity index (χ4n) is 2.93. The summed E-state index contributed by atoms with van der Waals surface area (Å²) in [6.45, 7) is 5.26. The smallest absolute Gasteiger partial charge is 0.119 e. The summed E-state index contributed by atoms with van der Waals surface area (Å²) in [7, 11) is 0. The van der Waals surface area contributed by atoms with Crippen LogP contribution in [0.15, 0.2) is 42.6 Å². The minimum absolute atomic E-state index is 0.697. The Morgan fingerprint density at radius 3 is 2.72 bits per heavy atom. The van der Waals surface area contributed by atoms with E-state index in [-0.39, 0.29) is 0 Å². The first-order valence-corrected chi connectivity index (χ1v) is 9.28. The number of nitrogens with zero attached hydrogens (tertiary/aromatic N) is 2. The lowest BCUT2D eigenvalue weighted by molar-refractivity contribution is 0.0322. The summed E-state index contributed by atoms with van der Waals surface area (Å²) in [6, 6.07) is 12.2. The van der Waals surface area contributed by atoms with Gasteiger partial charge in [0.25, 0.3) is 0 Å². The fraction of sp³-hybridized carbons (Fsp3) is 0.316. The van der Waals surface area contributed by atoms with Gasteiger partial charge in [0, 0.05) is 30.7 Å². The first-order valence-electron chi connectivity index (χ1n) is 8.47. The number of pyridine rings is 1. The molecule has 0 saturated carbocycles. The number of rotatable bonds is 5. The molecule has 130 valence electrons. The van der Waals surface area contributed by atoms with Crippen molar-refractivity contribution < 1.29 is 9.47 Å². The second-order valence-electron chi connectivity index (χ2n) is 6.05. The number of morpholine rings is 1. The number of hydrogen-bond donors (Lipinski definition) is 1. The number of fused-ring (bicyclic) bond motifs is 1. The Hall–Kier alpha value is -2.15. The molecule has 0 radical (unpaired) electrons. The average Bonchev–Trinajstić information content (AvgIpc) is 3.09. The Balaban J connectivity index is 1.39. The lowest BCUT2D eigenvalue weighted by Gasteiger charge is -2.26. The molecule has 4 rings (SSSR count). The molecule has 1 aromatic carbocycles. The number of ether oxygens (including phenoxy) is 2. The van der Waals surface area contributed by atoms with Crippen molar-refractivity contribution in [1.29, 1.82) is 0 Å². The predicted molar refractivity (Wildman–Crippen MR) is 102 cm³/mol. The van der Waals surface area contributed by atoms with Crippen molar-refractivity contribution in [2.24, 2.45) is 0 Å². The highest BCUT2D eigenvalue weighted by molar-refractivity contribution is 7.22. The highest BCUT2D eigenvalue weighted by atomic mass is 32.1. The van der Waals surface area contributed by atoms with Gasteiger partial charge in [-0.2, -0.15) is 0 Å². The maximum atomic E-state index is 6.03. The van der Waals surface area contributed by atoms with E-state index in [1.165, 1.54) is 4.88 Å². The van der Waals surface area contributed by atoms with Crippen LogP contribution in [0.5, 0.6) is 5.75 Å². The molecule has 0 spiro atoms. The number of aromatic nitrogens is 1. The topological polar surface area (TPSA) is 60.6 Å².